The van der Waals surface area contributed by atoms with Crippen LogP contribution in [-0.2, 0) is 0 Å². The molecule has 1 atom stereocenters. The van der Waals surface area contributed by atoms with Crippen molar-refractivity contribution >= 4 is 0 Å². The molecule has 4 heteroatoms. The lowest BCUT2D eigenvalue weighted by Gasteiger charge is -2.15. The number of benzene rings is 1. The van der Waals surface area contributed by atoms with E-state index >= 15 is 0 Å². The number of hydrogen-bond acceptors (Lipinski definition) is 2. The summed E-state index contributed by atoms with van der Waals surface area (Å²) in [6, 6.07) is 2.85. The zero-order chi connectivity index (χ0) is 17.8. The quantitative estimate of drug-likeness (QED) is 0.380. The molecule has 1 rings (SSSR count). The molecule has 0 saturated carbocycles. The van der Waals surface area contributed by atoms with Gasteiger partial charge in [-0.3, -0.25) is 0 Å². The summed E-state index contributed by atoms with van der Waals surface area (Å²) in [5, 5.41) is 0. The van der Waals surface area contributed by atoms with Gasteiger partial charge in [-0.1, -0.05) is 52.4 Å². The highest BCUT2D eigenvalue weighted by Crippen LogP contribution is 2.28. The second-order valence-electron chi connectivity index (χ2n) is 6.26. The smallest absolute Gasteiger partial charge is 0.204 e. The zero-order valence-corrected chi connectivity index (χ0v) is 15.4. The van der Waals surface area contributed by atoms with Crippen LogP contribution in [0, 0.1) is 17.6 Å². The van der Waals surface area contributed by atoms with Crippen molar-refractivity contribution < 1.29 is 18.3 Å². The van der Waals surface area contributed by atoms with Gasteiger partial charge in [0.05, 0.1) is 13.2 Å². The maximum atomic E-state index is 13.9. The minimum Gasteiger partial charge on any atom is -0.491 e. The van der Waals surface area contributed by atoms with Crippen molar-refractivity contribution in [3.63, 3.8) is 0 Å². The predicted octanol–water partition coefficient (Wildman–Crippen LogP) is 6.52. The average molecular weight is 342 g/mol. The van der Waals surface area contributed by atoms with Crippen LogP contribution >= 0.6 is 0 Å². The molecule has 1 aromatic rings. The van der Waals surface area contributed by atoms with Gasteiger partial charge < -0.3 is 9.47 Å². The molecule has 0 heterocycles. The number of unbranched alkanes of at least 4 members (excludes halogenated alkanes) is 2. The second kappa shape index (κ2) is 12.1. The summed E-state index contributed by atoms with van der Waals surface area (Å²) >= 11 is 0. The van der Waals surface area contributed by atoms with Crippen LogP contribution in [0.2, 0.25) is 0 Å². The minimum atomic E-state index is -0.975. The molecule has 0 spiro atoms. The normalized spacial score (nSPS) is 12.2. The Labute approximate surface area is 145 Å². The fraction of sp³-hybridized carbons (Fsp3) is 0.700. The van der Waals surface area contributed by atoms with Crippen LogP contribution in [-0.4, -0.2) is 13.2 Å². The highest BCUT2D eigenvalue weighted by Gasteiger charge is 2.15. The van der Waals surface area contributed by atoms with Crippen LogP contribution in [0.5, 0.6) is 11.5 Å². The molecule has 0 amide bonds. The van der Waals surface area contributed by atoms with Crippen molar-refractivity contribution in [2.45, 2.75) is 72.1 Å². The van der Waals surface area contributed by atoms with Gasteiger partial charge in [0, 0.05) is 0 Å². The molecule has 0 aliphatic heterocycles. The van der Waals surface area contributed by atoms with Gasteiger partial charge in [0.2, 0.25) is 11.6 Å². The molecule has 0 aliphatic rings. The Morgan fingerprint density at radius 1 is 0.792 bits per heavy atom. The van der Waals surface area contributed by atoms with Gasteiger partial charge in [-0.15, -0.1) is 0 Å². The van der Waals surface area contributed by atoms with Crippen LogP contribution in [0.1, 0.15) is 72.1 Å². The fourth-order valence-corrected chi connectivity index (χ4v) is 2.94. The molecular weight excluding hydrogens is 310 g/mol. The molecule has 0 aliphatic carbocycles. The highest BCUT2D eigenvalue weighted by molar-refractivity contribution is 5.34. The van der Waals surface area contributed by atoms with E-state index in [0.29, 0.717) is 13.2 Å². The van der Waals surface area contributed by atoms with Crippen molar-refractivity contribution in [1.29, 1.82) is 0 Å². The third-order valence-electron chi connectivity index (χ3n) is 4.24. The van der Waals surface area contributed by atoms with Crippen molar-refractivity contribution in [1.82, 2.24) is 0 Å². The summed E-state index contributed by atoms with van der Waals surface area (Å²) in [4.78, 5) is 0. The Hall–Kier alpha value is -1.32. The zero-order valence-electron chi connectivity index (χ0n) is 15.4. The van der Waals surface area contributed by atoms with Crippen LogP contribution in [0.15, 0.2) is 12.1 Å². The Balaban J connectivity index is 2.35. The van der Waals surface area contributed by atoms with E-state index in [2.05, 4.69) is 13.8 Å². The van der Waals surface area contributed by atoms with Gasteiger partial charge in [-0.25, -0.2) is 0 Å². The summed E-state index contributed by atoms with van der Waals surface area (Å²) in [7, 11) is 0. The molecular formula is C20H32F2O2. The third kappa shape index (κ3) is 7.06. The fourth-order valence-electron chi connectivity index (χ4n) is 2.94. The molecule has 0 aromatic heterocycles. The van der Waals surface area contributed by atoms with E-state index in [-0.39, 0.29) is 11.5 Å². The SMILES string of the molecule is CCCCC(CCC)CCCCOc1ccc(OCC)c(F)c1F. The summed E-state index contributed by atoms with van der Waals surface area (Å²) in [5.74, 6) is -1.26. The van der Waals surface area contributed by atoms with Crippen LogP contribution in [0.3, 0.4) is 0 Å². The lowest BCUT2D eigenvalue weighted by atomic mass is 9.92. The first-order chi connectivity index (χ1) is 11.6. The van der Waals surface area contributed by atoms with E-state index in [1.54, 1.807) is 6.92 Å². The van der Waals surface area contributed by atoms with Gasteiger partial charge in [0.25, 0.3) is 0 Å². The van der Waals surface area contributed by atoms with E-state index in [9.17, 15) is 8.78 Å². The molecule has 0 bridgehead atoms. The molecule has 1 aromatic carbocycles. The molecule has 2 nitrogen and oxygen atoms in total. The first-order valence-electron chi connectivity index (χ1n) is 9.37. The molecule has 138 valence electrons. The second-order valence-corrected chi connectivity index (χ2v) is 6.26. The highest BCUT2D eigenvalue weighted by atomic mass is 19.2. The molecule has 0 N–H and O–H groups in total. The van der Waals surface area contributed by atoms with E-state index in [1.807, 2.05) is 0 Å². The number of halogens is 2. The molecule has 24 heavy (non-hydrogen) atoms. The lowest BCUT2D eigenvalue weighted by molar-refractivity contribution is 0.269. The Morgan fingerprint density at radius 2 is 1.42 bits per heavy atom. The van der Waals surface area contributed by atoms with Crippen LogP contribution in [0.4, 0.5) is 8.78 Å². The summed E-state index contributed by atoms with van der Waals surface area (Å²) < 4.78 is 38.1. The maximum Gasteiger partial charge on any atom is 0.204 e. The predicted molar refractivity (Wildman–Crippen MR) is 94.8 cm³/mol. The Kier molecular flexibility index (Phi) is 10.4. The third-order valence-corrected chi connectivity index (χ3v) is 4.24. The van der Waals surface area contributed by atoms with Crippen molar-refractivity contribution in [2.24, 2.45) is 5.92 Å². The number of rotatable bonds is 13. The first kappa shape index (κ1) is 20.7. The average Bonchev–Trinajstić information content (AvgIpc) is 2.58. The largest absolute Gasteiger partial charge is 0.491 e. The van der Waals surface area contributed by atoms with E-state index in [4.69, 9.17) is 9.47 Å². The Morgan fingerprint density at radius 3 is 2.00 bits per heavy atom. The van der Waals surface area contributed by atoms with E-state index in [0.717, 1.165) is 18.8 Å². The van der Waals surface area contributed by atoms with Crippen molar-refractivity contribution in [2.75, 3.05) is 13.2 Å². The Bertz CT molecular complexity index is 463. The summed E-state index contributed by atoms with van der Waals surface area (Å²) in [6.45, 7) is 6.89. The van der Waals surface area contributed by atoms with Gasteiger partial charge in [0.15, 0.2) is 11.5 Å². The monoisotopic (exact) mass is 342 g/mol. The van der Waals surface area contributed by atoms with Crippen LogP contribution in [0.25, 0.3) is 0 Å². The van der Waals surface area contributed by atoms with Crippen molar-refractivity contribution in [3.05, 3.63) is 23.8 Å². The molecule has 0 radical (unpaired) electrons. The topological polar surface area (TPSA) is 18.5 Å². The summed E-state index contributed by atoms with van der Waals surface area (Å²) in [6.07, 6.45) is 9.45. The lowest BCUT2D eigenvalue weighted by Crippen LogP contribution is -2.05. The minimum absolute atomic E-state index is 0.0351. The summed E-state index contributed by atoms with van der Waals surface area (Å²) in [5.41, 5.74) is 0. The van der Waals surface area contributed by atoms with Gasteiger partial charge in [-0.2, -0.15) is 8.78 Å². The van der Waals surface area contributed by atoms with Gasteiger partial charge in [-0.05, 0) is 37.8 Å². The molecule has 0 fully saturated rings. The van der Waals surface area contributed by atoms with E-state index < -0.39 is 11.6 Å². The van der Waals surface area contributed by atoms with Gasteiger partial charge in [0.1, 0.15) is 0 Å². The van der Waals surface area contributed by atoms with Gasteiger partial charge >= 0.3 is 0 Å². The number of ether oxygens (including phenoxy) is 2. The molecule has 0 saturated heterocycles. The first-order valence-corrected chi connectivity index (χ1v) is 9.37. The number of hydrogen-bond donors (Lipinski definition) is 0. The van der Waals surface area contributed by atoms with E-state index in [1.165, 1.54) is 50.7 Å². The molecule has 1 unspecified atom stereocenters. The van der Waals surface area contributed by atoms with Crippen molar-refractivity contribution in [3.8, 4) is 11.5 Å². The maximum absolute atomic E-state index is 13.9. The standard InChI is InChI=1S/C20H32F2O2/c1-4-7-11-16(10-5-2)12-8-9-15-24-18-14-13-17(23-6-3)19(21)20(18)22/h13-14,16H,4-12,15H2,1-3H3. The van der Waals surface area contributed by atoms with Crippen LogP contribution < -0.4 is 9.47 Å².